The van der Waals surface area contributed by atoms with E-state index in [-0.39, 0.29) is 31.7 Å². The lowest BCUT2D eigenvalue weighted by Gasteiger charge is -2.16. The van der Waals surface area contributed by atoms with E-state index in [4.69, 9.17) is 18.3 Å². The lowest BCUT2D eigenvalue weighted by molar-refractivity contribution is -0.139. The normalized spacial score (nSPS) is 11.7. The van der Waals surface area contributed by atoms with E-state index in [9.17, 15) is 9.36 Å². The van der Waals surface area contributed by atoms with Gasteiger partial charge >= 0.3 is 13.8 Å². The number of esters is 1. The molecule has 0 spiro atoms. The zero-order valence-electron chi connectivity index (χ0n) is 16.2. The average molecular weight is 386 g/mol. The van der Waals surface area contributed by atoms with E-state index in [0.29, 0.717) is 5.75 Å². The lowest BCUT2D eigenvalue weighted by atomic mass is 9.99. The van der Waals surface area contributed by atoms with Gasteiger partial charge < -0.3 is 4.74 Å². The Balaban J connectivity index is 2.62. The molecule has 148 valence electrons. The van der Waals surface area contributed by atoms with Crippen molar-refractivity contribution in [3.8, 4) is 5.75 Å². The van der Waals surface area contributed by atoms with Gasteiger partial charge in [0.05, 0.1) is 25.7 Å². The van der Waals surface area contributed by atoms with Crippen LogP contribution in [0.3, 0.4) is 0 Å². The minimum Gasteiger partial charge on any atom is -0.426 e. The van der Waals surface area contributed by atoms with E-state index in [1.807, 2.05) is 0 Å². The van der Waals surface area contributed by atoms with Gasteiger partial charge in [0.1, 0.15) is 5.75 Å². The molecule has 6 nitrogen and oxygen atoms in total. The molecule has 0 bridgehead atoms. The number of hydrogen-bond acceptors (Lipinski definition) is 6. The van der Waals surface area contributed by atoms with E-state index in [0.717, 1.165) is 31.2 Å². The predicted octanol–water partition coefficient (Wildman–Crippen LogP) is 5.51. The van der Waals surface area contributed by atoms with Crippen molar-refractivity contribution in [2.75, 3.05) is 13.2 Å². The molecule has 0 aromatic heterocycles. The second kappa shape index (κ2) is 12.2. The highest BCUT2D eigenvalue weighted by atomic mass is 31.2. The fourth-order valence-corrected chi connectivity index (χ4v) is 3.68. The van der Waals surface area contributed by atoms with Crippen molar-refractivity contribution in [2.45, 2.75) is 60.0 Å². The molecule has 0 fully saturated rings. The van der Waals surface area contributed by atoms with Crippen LogP contribution < -0.4 is 4.74 Å². The van der Waals surface area contributed by atoms with Gasteiger partial charge in [0, 0.05) is 0 Å². The van der Waals surface area contributed by atoms with Crippen molar-refractivity contribution in [3.05, 3.63) is 29.8 Å². The SMILES string of the molecule is CCCC(CCC)C(=O)Oc1ccc(COP(=O)(OCC)OCC)cc1. The van der Waals surface area contributed by atoms with E-state index in [1.165, 1.54) is 0 Å². The van der Waals surface area contributed by atoms with Gasteiger partial charge in [-0.25, -0.2) is 4.57 Å². The van der Waals surface area contributed by atoms with Crippen LogP contribution >= 0.6 is 7.82 Å². The molecule has 1 aromatic rings. The standard InChI is InChI=1S/C19H31O6P/c1-5-9-17(10-6-2)19(20)25-18-13-11-16(12-14-18)15-24-26(21,22-7-3)23-8-4/h11-14,17H,5-10,15H2,1-4H3. The number of carbonyl (C=O) groups excluding carboxylic acids is 1. The molecule has 0 unspecified atom stereocenters. The van der Waals surface area contributed by atoms with Gasteiger partial charge in [0.2, 0.25) is 0 Å². The summed E-state index contributed by atoms with van der Waals surface area (Å²) < 4.78 is 33.2. The summed E-state index contributed by atoms with van der Waals surface area (Å²) in [5.41, 5.74) is 0.781. The molecule has 0 atom stereocenters. The highest BCUT2D eigenvalue weighted by Gasteiger charge is 2.25. The predicted molar refractivity (Wildman–Crippen MR) is 101 cm³/mol. The topological polar surface area (TPSA) is 71.1 Å². The first kappa shape index (κ1) is 22.8. The zero-order valence-corrected chi connectivity index (χ0v) is 17.1. The van der Waals surface area contributed by atoms with Gasteiger partial charge in [-0.3, -0.25) is 18.4 Å². The van der Waals surface area contributed by atoms with Crippen molar-refractivity contribution in [2.24, 2.45) is 5.92 Å². The summed E-state index contributed by atoms with van der Waals surface area (Å²) >= 11 is 0. The Hall–Kier alpha value is -1.20. The summed E-state index contributed by atoms with van der Waals surface area (Å²) in [6, 6.07) is 6.94. The third-order valence-electron chi connectivity index (χ3n) is 3.71. The van der Waals surface area contributed by atoms with Gasteiger partial charge in [-0.05, 0) is 44.4 Å². The molecular formula is C19H31O6P. The number of ether oxygens (including phenoxy) is 1. The second-order valence-electron chi connectivity index (χ2n) is 5.90. The van der Waals surface area contributed by atoms with Crippen LogP contribution in [-0.2, 0) is 29.5 Å². The summed E-state index contributed by atoms with van der Waals surface area (Å²) in [4.78, 5) is 12.3. The van der Waals surface area contributed by atoms with Crippen LogP contribution in [0.25, 0.3) is 0 Å². The molecule has 0 aliphatic rings. The molecule has 0 amide bonds. The highest BCUT2D eigenvalue weighted by molar-refractivity contribution is 7.48. The fraction of sp³-hybridized carbons (Fsp3) is 0.632. The minimum absolute atomic E-state index is 0.0590. The Kier molecular flexibility index (Phi) is 10.7. The summed E-state index contributed by atoms with van der Waals surface area (Å²) in [5, 5.41) is 0. The fourth-order valence-electron chi connectivity index (χ4n) is 2.51. The van der Waals surface area contributed by atoms with Crippen molar-refractivity contribution in [1.29, 1.82) is 0 Å². The maximum atomic E-state index is 12.3. The first-order chi connectivity index (χ1) is 12.5. The van der Waals surface area contributed by atoms with Crippen molar-refractivity contribution < 1.29 is 27.7 Å². The highest BCUT2D eigenvalue weighted by Crippen LogP contribution is 2.49. The average Bonchev–Trinajstić information content (AvgIpc) is 2.61. The van der Waals surface area contributed by atoms with Gasteiger partial charge in [0.25, 0.3) is 0 Å². The molecule has 0 aliphatic heterocycles. The molecule has 0 radical (unpaired) electrons. The van der Waals surface area contributed by atoms with Crippen LogP contribution in [0, 0.1) is 5.92 Å². The molecule has 26 heavy (non-hydrogen) atoms. The molecule has 0 saturated heterocycles. The summed E-state index contributed by atoms with van der Waals surface area (Å²) in [6.07, 6.45) is 3.58. The Labute approximate surface area is 156 Å². The van der Waals surface area contributed by atoms with Crippen molar-refractivity contribution >= 4 is 13.8 Å². The molecule has 0 N–H and O–H groups in total. The number of rotatable bonds is 13. The molecule has 0 heterocycles. The molecule has 1 aromatic carbocycles. The number of phosphoric acid groups is 1. The third-order valence-corrected chi connectivity index (χ3v) is 5.31. The monoisotopic (exact) mass is 386 g/mol. The zero-order chi connectivity index (χ0) is 19.4. The van der Waals surface area contributed by atoms with E-state index >= 15 is 0 Å². The van der Waals surface area contributed by atoms with Gasteiger partial charge in [-0.2, -0.15) is 0 Å². The van der Waals surface area contributed by atoms with Crippen LogP contribution in [0.1, 0.15) is 58.9 Å². The molecular weight excluding hydrogens is 355 g/mol. The maximum Gasteiger partial charge on any atom is 0.475 e. The second-order valence-corrected chi connectivity index (χ2v) is 7.56. The van der Waals surface area contributed by atoms with E-state index in [2.05, 4.69) is 13.8 Å². The molecule has 1 rings (SSSR count). The van der Waals surface area contributed by atoms with Crippen LogP contribution in [0.4, 0.5) is 0 Å². The summed E-state index contributed by atoms with van der Waals surface area (Å²) in [6.45, 7) is 8.14. The Morgan fingerprint density at radius 1 is 0.923 bits per heavy atom. The van der Waals surface area contributed by atoms with Gasteiger partial charge in [0.15, 0.2) is 0 Å². The number of phosphoric ester groups is 1. The Bertz CT molecular complexity index is 556. The van der Waals surface area contributed by atoms with Crippen molar-refractivity contribution in [1.82, 2.24) is 0 Å². The molecule has 0 aliphatic carbocycles. The first-order valence-electron chi connectivity index (χ1n) is 9.32. The van der Waals surface area contributed by atoms with E-state index in [1.54, 1.807) is 38.1 Å². The number of hydrogen-bond donors (Lipinski definition) is 0. The molecule has 0 saturated carbocycles. The van der Waals surface area contributed by atoms with Crippen LogP contribution in [0.2, 0.25) is 0 Å². The van der Waals surface area contributed by atoms with Gasteiger partial charge in [-0.1, -0.05) is 38.8 Å². The first-order valence-corrected chi connectivity index (χ1v) is 10.8. The largest absolute Gasteiger partial charge is 0.475 e. The quantitative estimate of drug-likeness (QED) is 0.253. The minimum atomic E-state index is -3.53. The van der Waals surface area contributed by atoms with Crippen LogP contribution in [-0.4, -0.2) is 19.2 Å². The molecule has 7 heteroatoms. The van der Waals surface area contributed by atoms with E-state index < -0.39 is 7.82 Å². The maximum absolute atomic E-state index is 12.3. The van der Waals surface area contributed by atoms with Crippen LogP contribution in [0.15, 0.2) is 24.3 Å². The Morgan fingerprint density at radius 3 is 1.92 bits per heavy atom. The van der Waals surface area contributed by atoms with Crippen molar-refractivity contribution in [3.63, 3.8) is 0 Å². The summed E-state index contributed by atoms with van der Waals surface area (Å²) in [5.74, 6) is 0.250. The number of benzene rings is 1. The Morgan fingerprint density at radius 2 is 1.46 bits per heavy atom. The lowest BCUT2D eigenvalue weighted by Crippen LogP contribution is -2.20. The number of carbonyl (C=O) groups is 1. The summed E-state index contributed by atoms with van der Waals surface area (Å²) in [7, 11) is -3.53. The van der Waals surface area contributed by atoms with Crippen LogP contribution in [0.5, 0.6) is 5.75 Å². The third kappa shape index (κ3) is 8.00. The van der Waals surface area contributed by atoms with Gasteiger partial charge in [-0.15, -0.1) is 0 Å². The smallest absolute Gasteiger partial charge is 0.426 e.